The van der Waals surface area contributed by atoms with Crippen LogP contribution < -0.4 is 10.9 Å². The lowest BCUT2D eigenvalue weighted by Crippen LogP contribution is -2.09. The number of benzene rings is 2. The number of para-hydroxylation sites is 1. The van der Waals surface area contributed by atoms with Gasteiger partial charge in [-0.1, -0.05) is 42.0 Å². The number of ether oxygens (including phenoxy) is 1. The summed E-state index contributed by atoms with van der Waals surface area (Å²) in [5.74, 6) is -0.526. The molecule has 0 unspecified atom stereocenters. The molecule has 1 aromatic heterocycles. The summed E-state index contributed by atoms with van der Waals surface area (Å²) in [6, 6.07) is 15.2. The Balaban J connectivity index is 2.00. The van der Waals surface area contributed by atoms with Crippen LogP contribution in [0.1, 0.15) is 16.7 Å². The lowest BCUT2D eigenvalue weighted by Gasteiger charge is -2.14. The molecule has 0 aliphatic carbocycles. The van der Waals surface area contributed by atoms with Crippen LogP contribution in [0.2, 0.25) is 0 Å². The van der Waals surface area contributed by atoms with Gasteiger partial charge >= 0.3 is 11.6 Å². The van der Waals surface area contributed by atoms with Gasteiger partial charge < -0.3 is 14.5 Å². The molecule has 1 aliphatic heterocycles. The Hall–Kier alpha value is -3.60. The van der Waals surface area contributed by atoms with Crippen LogP contribution in [0.5, 0.6) is 0 Å². The number of anilines is 1. The monoisotopic (exact) mass is 359 g/mol. The maximum absolute atomic E-state index is 12.5. The predicted molar refractivity (Wildman–Crippen MR) is 105 cm³/mol. The van der Waals surface area contributed by atoms with E-state index in [1.54, 1.807) is 18.2 Å². The van der Waals surface area contributed by atoms with Crippen LogP contribution >= 0.6 is 0 Å². The molecule has 1 aliphatic rings. The second-order valence-electron chi connectivity index (χ2n) is 6.31. The zero-order valence-corrected chi connectivity index (χ0v) is 14.9. The first-order valence-electron chi connectivity index (χ1n) is 8.48. The maximum Gasteiger partial charge on any atom is 0.345 e. The molecule has 134 valence electrons. The van der Waals surface area contributed by atoms with E-state index in [2.05, 4.69) is 5.32 Å². The Labute approximate surface area is 155 Å². The Morgan fingerprint density at radius 1 is 1.04 bits per heavy atom. The average Bonchev–Trinajstić information content (AvgIpc) is 2.89. The normalized spacial score (nSPS) is 13.1. The lowest BCUT2D eigenvalue weighted by molar-refractivity contribution is -0.135. The molecule has 0 fully saturated rings. The predicted octanol–water partition coefficient (Wildman–Crippen LogP) is 4.12. The molecule has 0 radical (unpaired) electrons. The Morgan fingerprint density at radius 3 is 2.52 bits per heavy atom. The molecule has 27 heavy (non-hydrogen) atoms. The van der Waals surface area contributed by atoms with Gasteiger partial charge in [-0.15, -0.1) is 0 Å². The van der Waals surface area contributed by atoms with E-state index < -0.39 is 11.6 Å². The minimum Gasteiger partial charge on any atom is -0.465 e. The van der Waals surface area contributed by atoms with E-state index in [0.29, 0.717) is 17.0 Å². The topological polar surface area (TPSA) is 68.5 Å². The number of carbonyl (C=O) groups excluding carboxylic acids is 1. The third-order valence-electron chi connectivity index (χ3n) is 4.49. The van der Waals surface area contributed by atoms with Crippen LogP contribution in [0.25, 0.3) is 22.7 Å². The average molecular weight is 359 g/mol. The van der Waals surface area contributed by atoms with E-state index in [0.717, 1.165) is 16.5 Å². The molecule has 0 saturated heterocycles. The van der Waals surface area contributed by atoms with Gasteiger partial charge in [-0.3, -0.25) is 0 Å². The molecule has 2 heterocycles. The third-order valence-corrected chi connectivity index (χ3v) is 4.49. The van der Waals surface area contributed by atoms with Crippen LogP contribution in [0.15, 0.2) is 69.4 Å². The number of hydrogen-bond donors (Lipinski definition) is 1. The van der Waals surface area contributed by atoms with Crippen molar-refractivity contribution in [1.82, 2.24) is 0 Å². The van der Waals surface area contributed by atoms with E-state index in [4.69, 9.17) is 9.15 Å². The fourth-order valence-electron chi connectivity index (χ4n) is 3.08. The quantitative estimate of drug-likeness (QED) is 0.550. The van der Waals surface area contributed by atoms with E-state index >= 15 is 0 Å². The molecule has 0 amide bonds. The zero-order valence-electron chi connectivity index (χ0n) is 14.9. The van der Waals surface area contributed by atoms with Crippen molar-refractivity contribution in [2.75, 3.05) is 12.4 Å². The SMILES string of the molecule is COC(=O)C1=Cc2c(c3ccccc3oc2=O)NC(c2ccc(C)cc2)=C1. The van der Waals surface area contributed by atoms with Gasteiger partial charge in [-0.2, -0.15) is 0 Å². The molecule has 1 N–H and O–H groups in total. The standard InChI is InChI=1S/C22H17NO4/c1-13-7-9-14(10-8-13)18-12-15(21(24)26-2)11-17-20(23-18)16-5-3-4-6-19(16)27-22(17)25/h3-12,23H,1-2H3. The van der Waals surface area contributed by atoms with E-state index in [-0.39, 0.29) is 11.1 Å². The van der Waals surface area contributed by atoms with Gasteiger partial charge in [0.05, 0.1) is 23.9 Å². The number of hydrogen-bond acceptors (Lipinski definition) is 5. The van der Waals surface area contributed by atoms with E-state index in [9.17, 15) is 9.59 Å². The second-order valence-corrected chi connectivity index (χ2v) is 6.31. The van der Waals surface area contributed by atoms with Crippen molar-refractivity contribution in [3.8, 4) is 0 Å². The molecule has 5 heteroatoms. The summed E-state index contributed by atoms with van der Waals surface area (Å²) >= 11 is 0. The van der Waals surface area contributed by atoms with Crippen molar-refractivity contribution in [3.05, 3.63) is 87.3 Å². The first-order valence-corrected chi connectivity index (χ1v) is 8.48. The first-order chi connectivity index (χ1) is 13.1. The molecule has 0 bridgehead atoms. The van der Waals surface area contributed by atoms with Gasteiger partial charge in [0, 0.05) is 11.1 Å². The van der Waals surface area contributed by atoms with Crippen molar-refractivity contribution < 1.29 is 13.9 Å². The largest absolute Gasteiger partial charge is 0.465 e. The minimum atomic E-state index is -0.526. The molecule has 0 atom stereocenters. The lowest BCUT2D eigenvalue weighted by atomic mass is 10.1. The van der Waals surface area contributed by atoms with Crippen molar-refractivity contribution in [3.63, 3.8) is 0 Å². The smallest absolute Gasteiger partial charge is 0.345 e. The maximum atomic E-state index is 12.5. The van der Waals surface area contributed by atoms with Crippen molar-refractivity contribution in [2.45, 2.75) is 6.92 Å². The number of rotatable bonds is 2. The van der Waals surface area contributed by atoms with Crippen molar-refractivity contribution in [2.24, 2.45) is 0 Å². The summed E-state index contributed by atoms with van der Waals surface area (Å²) in [4.78, 5) is 24.8. The summed E-state index contributed by atoms with van der Waals surface area (Å²) in [6.45, 7) is 2.01. The number of aryl methyl sites for hydroxylation is 1. The summed E-state index contributed by atoms with van der Waals surface area (Å²) in [7, 11) is 1.31. The number of esters is 1. The fraction of sp³-hybridized carbons (Fsp3) is 0.0909. The van der Waals surface area contributed by atoms with Gasteiger partial charge in [0.1, 0.15) is 5.58 Å². The second kappa shape index (κ2) is 6.61. The number of fused-ring (bicyclic) bond motifs is 3. The number of carbonyl (C=O) groups is 1. The van der Waals surface area contributed by atoms with E-state index in [1.807, 2.05) is 43.3 Å². The Kier molecular flexibility index (Phi) is 4.12. The highest BCUT2D eigenvalue weighted by Crippen LogP contribution is 2.33. The van der Waals surface area contributed by atoms with Gasteiger partial charge in [-0.25, -0.2) is 9.59 Å². The molecular formula is C22H17NO4. The molecule has 3 aromatic rings. The zero-order chi connectivity index (χ0) is 19.0. The summed E-state index contributed by atoms with van der Waals surface area (Å²) in [6.07, 6.45) is 3.19. The molecule has 0 saturated carbocycles. The summed E-state index contributed by atoms with van der Waals surface area (Å²) in [5.41, 5.74) is 3.83. The highest BCUT2D eigenvalue weighted by atomic mass is 16.5. The minimum absolute atomic E-state index is 0.266. The number of nitrogens with one attached hydrogen (secondary N) is 1. The van der Waals surface area contributed by atoms with Crippen LogP contribution in [0.3, 0.4) is 0 Å². The molecule has 2 aromatic carbocycles. The highest BCUT2D eigenvalue weighted by molar-refractivity contribution is 6.06. The van der Waals surface area contributed by atoms with Gasteiger partial charge in [0.25, 0.3) is 0 Å². The molecule has 0 spiro atoms. The highest BCUT2D eigenvalue weighted by Gasteiger charge is 2.21. The van der Waals surface area contributed by atoms with Crippen LogP contribution in [-0.2, 0) is 9.53 Å². The molecular weight excluding hydrogens is 342 g/mol. The third kappa shape index (κ3) is 3.04. The van der Waals surface area contributed by atoms with Crippen LogP contribution in [0.4, 0.5) is 5.69 Å². The van der Waals surface area contributed by atoms with E-state index in [1.165, 1.54) is 13.2 Å². The van der Waals surface area contributed by atoms with Crippen LogP contribution in [0, 0.1) is 6.92 Å². The summed E-state index contributed by atoms with van der Waals surface area (Å²) in [5, 5.41) is 4.09. The van der Waals surface area contributed by atoms with Gasteiger partial charge in [-0.05, 0) is 36.8 Å². The Morgan fingerprint density at radius 2 is 1.78 bits per heavy atom. The van der Waals surface area contributed by atoms with Gasteiger partial charge in [0.2, 0.25) is 0 Å². The fourth-order valence-corrected chi connectivity index (χ4v) is 3.08. The van der Waals surface area contributed by atoms with Gasteiger partial charge in [0.15, 0.2) is 0 Å². The van der Waals surface area contributed by atoms with Crippen LogP contribution in [-0.4, -0.2) is 13.1 Å². The Bertz CT molecular complexity index is 1170. The molecule has 4 rings (SSSR count). The molecule has 5 nitrogen and oxygen atoms in total. The summed E-state index contributed by atoms with van der Waals surface area (Å²) < 4.78 is 10.3. The van der Waals surface area contributed by atoms with Crippen molar-refractivity contribution in [1.29, 1.82) is 0 Å². The van der Waals surface area contributed by atoms with Crippen molar-refractivity contribution >= 4 is 34.4 Å². The number of methoxy groups -OCH3 is 1. The first kappa shape index (κ1) is 16.8.